The molecule has 0 radical (unpaired) electrons. The summed E-state index contributed by atoms with van der Waals surface area (Å²) in [5, 5.41) is 0. The number of benzene rings is 2. The second-order valence-electron chi connectivity index (χ2n) is 4.90. The first-order chi connectivity index (χ1) is 9.24. The molecule has 19 heavy (non-hydrogen) atoms. The summed E-state index contributed by atoms with van der Waals surface area (Å²) in [5.74, 6) is 1.08. The molecule has 0 aliphatic carbocycles. The van der Waals surface area contributed by atoms with Crippen LogP contribution in [0.25, 0.3) is 0 Å². The van der Waals surface area contributed by atoms with E-state index >= 15 is 0 Å². The smallest absolute Gasteiger partial charge is 0.00873 e. The van der Waals surface area contributed by atoms with Crippen LogP contribution in [0.3, 0.4) is 0 Å². The standard InChI is InChI=1S/C17H21NS/c1-14-6-5-7-15(12-14)13-16(18)10-11-19-17-8-3-2-4-9-17/h2-9,12,16H,10-11,13,18H2,1H3. The number of rotatable bonds is 6. The molecule has 0 bridgehead atoms. The Bertz CT molecular complexity index is 496. The molecule has 0 aromatic heterocycles. The lowest BCUT2D eigenvalue weighted by Gasteiger charge is -2.11. The van der Waals surface area contributed by atoms with Crippen molar-refractivity contribution in [2.75, 3.05) is 5.75 Å². The fourth-order valence-corrected chi connectivity index (χ4v) is 3.09. The highest BCUT2D eigenvalue weighted by Crippen LogP contribution is 2.19. The van der Waals surface area contributed by atoms with Crippen molar-refractivity contribution in [3.05, 3.63) is 65.7 Å². The highest BCUT2D eigenvalue weighted by atomic mass is 32.2. The third kappa shape index (κ3) is 5.09. The van der Waals surface area contributed by atoms with Gasteiger partial charge in [-0.2, -0.15) is 0 Å². The number of thioether (sulfide) groups is 1. The average molecular weight is 271 g/mol. The Hall–Kier alpha value is -1.25. The van der Waals surface area contributed by atoms with Crippen LogP contribution in [-0.2, 0) is 6.42 Å². The second kappa shape index (κ2) is 7.37. The summed E-state index contributed by atoms with van der Waals surface area (Å²) in [6, 6.07) is 19.4. The molecule has 2 rings (SSSR count). The normalized spacial score (nSPS) is 12.3. The molecule has 0 aliphatic heterocycles. The lowest BCUT2D eigenvalue weighted by molar-refractivity contribution is 0.651. The van der Waals surface area contributed by atoms with E-state index in [0.29, 0.717) is 0 Å². The van der Waals surface area contributed by atoms with Crippen LogP contribution in [-0.4, -0.2) is 11.8 Å². The lowest BCUT2D eigenvalue weighted by Crippen LogP contribution is -2.23. The highest BCUT2D eigenvalue weighted by Gasteiger charge is 2.04. The molecule has 0 spiro atoms. The molecule has 0 fully saturated rings. The largest absolute Gasteiger partial charge is 0.327 e. The predicted octanol–water partition coefficient (Wildman–Crippen LogP) is 4.05. The van der Waals surface area contributed by atoms with Gasteiger partial charge in [-0.3, -0.25) is 0 Å². The summed E-state index contributed by atoms with van der Waals surface area (Å²) in [5.41, 5.74) is 8.86. The molecule has 0 amide bonds. The van der Waals surface area contributed by atoms with Gasteiger partial charge < -0.3 is 5.73 Å². The zero-order valence-corrected chi connectivity index (χ0v) is 12.2. The maximum Gasteiger partial charge on any atom is 0.00873 e. The van der Waals surface area contributed by atoms with Crippen molar-refractivity contribution in [2.45, 2.75) is 30.7 Å². The van der Waals surface area contributed by atoms with Crippen molar-refractivity contribution >= 4 is 11.8 Å². The zero-order valence-electron chi connectivity index (χ0n) is 11.4. The van der Waals surface area contributed by atoms with Crippen LogP contribution in [0.4, 0.5) is 0 Å². The summed E-state index contributed by atoms with van der Waals surface area (Å²) in [4.78, 5) is 1.32. The van der Waals surface area contributed by atoms with E-state index < -0.39 is 0 Å². The number of aryl methyl sites for hydroxylation is 1. The van der Waals surface area contributed by atoms with Gasteiger partial charge in [0, 0.05) is 10.9 Å². The van der Waals surface area contributed by atoms with Gasteiger partial charge in [-0.1, -0.05) is 48.0 Å². The predicted molar refractivity (Wildman–Crippen MR) is 84.6 cm³/mol. The summed E-state index contributed by atoms with van der Waals surface area (Å²) in [6.07, 6.45) is 2.02. The van der Waals surface area contributed by atoms with Gasteiger partial charge in [-0.25, -0.2) is 0 Å². The van der Waals surface area contributed by atoms with Gasteiger partial charge in [0.2, 0.25) is 0 Å². The third-order valence-corrected chi connectivity index (χ3v) is 4.13. The first-order valence-electron chi connectivity index (χ1n) is 6.73. The lowest BCUT2D eigenvalue weighted by atomic mass is 10.0. The molecule has 100 valence electrons. The fourth-order valence-electron chi connectivity index (χ4n) is 2.09. The zero-order chi connectivity index (χ0) is 13.5. The number of nitrogens with two attached hydrogens (primary N) is 1. The molecule has 2 heteroatoms. The molecule has 0 aliphatic rings. The first kappa shape index (κ1) is 14.2. The summed E-state index contributed by atoms with van der Waals surface area (Å²) in [6.45, 7) is 2.13. The molecular weight excluding hydrogens is 250 g/mol. The van der Waals surface area contributed by atoms with E-state index in [9.17, 15) is 0 Å². The van der Waals surface area contributed by atoms with Crippen LogP contribution in [0.1, 0.15) is 17.5 Å². The molecule has 2 N–H and O–H groups in total. The Morgan fingerprint density at radius 1 is 1.05 bits per heavy atom. The monoisotopic (exact) mass is 271 g/mol. The van der Waals surface area contributed by atoms with Crippen LogP contribution in [0.5, 0.6) is 0 Å². The van der Waals surface area contributed by atoms with Crippen molar-refractivity contribution in [3.8, 4) is 0 Å². The summed E-state index contributed by atoms with van der Waals surface area (Å²) >= 11 is 1.88. The van der Waals surface area contributed by atoms with Crippen molar-refractivity contribution in [2.24, 2.45) is 5.73 Å². The van der Waals surface area contributed by atoms with Gasteiger partial charge in [0.1, 0.15) is 0 Å². The van der Waals surface area contributed by atoms with Gasteiger partial charge >= 0.3 is 0 Å². The minimum Gasteiger partial charge on any atom is -0.327 e. The Morgan fingerprint density at radius 2 is 1.84 bits per heavy atom. The highest BCUT2D eigenvalue weighted by molar-refractivity contribution is 7.99. The van der Waals surface area contributed by atoms with Crippen LogP contribution in [0, 0.1) is 6.92 Å². The Labute approximate surface area is 120 Å². The molecular formula is C17H21NS. The molecule has 1 unspecified atom stereocenters. The van der Waals surface area contributed by atoms with Crippen LogP contribution in [0.2, 0.25) is 0 Å². The van der Waals surface area contributed by atoms with Gasteiger partial charge in [-0.15, -0.1) is 11.8 Å². The third-order valence-electron chi connectivity index (χ3n) is 3.08. The molecule has 0 heterocycles. The van der Waals surface area contributed by atoms with E-state index in [1.165, 1.54) is 16.0 Å². The van der Waals surface area contributed by atoms with Gasteiger partial charge in [0.15, 0.2) is 0 Å². The van der Waals surface area contributed by atoms with Gasteiger partial charge in [0.25, 0.3) is 0 Å². The molecule has 2 aromatic rings. The maximum atomic E-state index is 6.21. The Balaban J connectivity index is 1.74. The van der Waals surface area contributed by atoms with E-state index in [0.717, 1.165) is 18.6 Å². The minimum atomic E-state index is 0.248. The number of hydrogen-bond acceptors (Lipinski definition) is 2. The maximum absolute atomic E-state index is 6.21. The SMILES string of the molecule is Cc1cccc(CC(N)CCSc2ccccc2)c1. The van der Waals surface area contributed by atoms with E-state index in [1.54, 1.807) is 0 Å². The first-order valence-corrected chi connectivity index (χ1v) is 7.71. The molecule has 1 nitrogen and oxygen atoms in total. The van der Waals surface area contributed by atoms with E-state index in [4.69, 9.17) is 5.73 Å². The summed E-state index contributed by atoms with van der Waals surface area (Å²) in [7, 11) is 0. The number of hydrogen-bond donors (Lipinski definition) is 1. The quantitative estimate of drug-likeness (QED) is 0.802. The Kier molecular flexibility index (Phi) is 5.49. The van der Waals surface area contributed by atoms with E-state index in [-0.39, 0.29) is 6.04 Å². The summed E-state index contributed by atoms with van der Waals surface area (Å²) < 4.78 is 0. The minimum absolute atomic E-state index is 0.248. The van der Waals surface area contributed by atoms with E-state index in [2.05, 4.69) is 55.5 Å². The van der Waals surface area contributed by atoms with Crippen LogP contribution < -0.4 is 5.73 Å². The van der Waals surface area contributed by atoms with Crippen LogP contribution in [0.15, 0.2) is 59.5 Å². The van der Waals surface area contributed by atoms with E-state index in [1.807, 2.05) is 17.8 Å². The average Bonchev–Trinajstić information content (AvgIpc) is 2.40. The van der Waals surface area contributed by atoms with Crippen molar-refractivity contribution in [1.29, 1.82) is 0 Å². The van der Waals surface area contributed by atoms with Crippen molar-refractivity contribution in [1.82, 2.24) is 0 Å². The van der Waals surface area contributed by atoms with Crippen molar-refractivity contribution < 1.29 is 0 Å². The molecule has 2 aromatic carbocycles. The van der Waals surface area contributed by atoms with Crippen molar-refractivity contribution in [3.63, 3.8) is 0 Å². The fraction of sp³-hybridized carbons (Fsp3) is 0.294. The second-order valence-corrected chi connectivity index (χ2v) is 6.07. The van der Waals surface area contributed by atoms with Gasteiger partial charge in [0.05, 0.1) is 0 Å². The van der Waals surface area contributed by atoms with Crippen LogP contribution >= 0.6 is 11.8 Å². The molecule has 0 saturated carbocycles. The topological polar surface area (TPSA) is 26.0 Å². The van der Waals surface area contributed by atoms with Gasteiger partial charge in [-0.05, 0) is 43.2 Å². The molecule has 1 atom stereocenters. The Morgan fingerprint density at radius 3 is 2.58 bits per heavy atom. The molecule has 0 saturated heterocycles.